The second-order valence-electron chi connectivity index (χ2n) is 4.89. The van der Waals surface area contributed by atoms with E-state index in [0.717, 1.165) is 25.7 Å². The molecule has 0 fully saturated rings. The van der Waals surface area contributed by atoms with E-state index in [1.165, 1.54) is 5.56 Å². The highest BCUT2D eigenvalue weighted by molar-refractivity contribution is 5.14. The van der Waals surface area contributed by atoms with Crippen LogP contribution in [0.15, 0.2) is 30.3 Å². The molecule has 0 aromatic heterocycles. The lowest BCUT2D eigenvalue weighted by Crippen LogP contribution is -2.35. The third-order valence-corrected chi connectivity index (χ3v) is 3.21. The molecule has 3 nitrogen and oxygen atoms in total. The van der Waals surface area contributed by atoms with Crippen LogP contribution in [0.2, 0.25) is 0 Å². The van der Waals surface area contributed by atoms with Crippen molar-refractivity contribution in [2.45, 2.75) is 37.7 Å². The number of hydrogen-bond acceptors (Lipinski definition) is 3. The number of methoxy groups -OCH3 is 1. The molecule has 0 spiro atoms. The highest BCUT2D eigenvalue weighted by Gasteiger charge is 2.25. The van der Waals surface area contributed by atoms with Gasteiger partial charge >= 0.3 is 0 Å². The van der Waals surface area contributed by atoms with Crippen LogP contribution in [-0.2, 0) is 11.2 Å². The van der Waals surface area contributed by atoms with Gasteiger partial charge in [0.2, 0.25) is 0 Å². The van der Waals surface area contributed by atoms with Crippen molar-refractivity contribution in [1.29, 1.82) is 0 Å². The van der Waals surface area contributed by atoms with Crippen LogP contribution in [0.25, 0.3) is 0 Å². The molecule has 3 heteroatoms. The minimum Gasteiger partial charge on any atom is -0.387 e. The average molecular weight is 251 g/mol. The van der Waals surface area contributed by atoms with Crippen molar-refractivity contribution < 1.29 is 9.84 Å². The van der Waals surface area contributed by atoms with Crippen molar-refractivity contribution >= 4 is 0 Å². The normalized spacial score (nSPS) is 14.4. The number of aryl methyl sites for hydroxylation is 1. The van der Waals surface area contributed by atoms with E-state index in [-0.39, 0.29) is 0 Å². The van der Waals surface area contributed by atoms with Crippen LogP contribution < -0.4 is 5.73 Å². The molecule has 1 rings (SSSR count). The highest BCUT2D eigenvalue weighted by atomic mass is 16.5. The van der Waals surface area contributed by atoms with Gasteiger partial charge in [0.25, 0.3) is 0 Å². The summed E-state index contributed by atoms with van der Waals surface area (Å²) in [7, 11) is 1.63. The first-order valence-electron chi connectivity index (χ1n) is 6.65. The van der Waals surface area contributed by atoms with Crippen LogP contribution in [0.3, 0.4) is 0 Å². The molecule has 0 heterocycles. The first kappa shape index (κ1) is 15.2. The molecule has 1 aromatic carbocycles. The van der Waals surface area contributed by atoms with E-state index < -0.39 is 5.60 Å². The molecule has 18 heavy (non-hydrogen) atoms. The summed E-state index contributed by atoms with van der Waals surface area (Å²) in [6, 6.07) is 10.4. The van der Waals surface area contributed by atoms with Crippen molar-refractivity contribution in [2.24, 2.45) is 5.73 Å². The molecule has 0 bridgehead atoms. The standard InChI is InChI=1S/C15H25NO2/c1-18-13-15(17,11-6-12-16)10-5-9-14-7-3-2-4-8-14/h2-4,7-8,17H,5-6,9-13,16H2,1H3. The van der Waals surface area contributed by atoms with Crippen molar-refractivity contribution in [2.75, 3.05) is 20.3 Å². The zero-order chi connectivity index (χ0) is 13.3. The van der Waals surface area contributed by atoms with Crippen molar-refractivity contribution in [1.82, 2.24) is 0 Å². The molecule has 1 atom stereocenters. The van der Waals surface area contributed by atoms with Gasteiger partial charge in [-0.25, -0.2) is 0 Å². The molecule has 0 saturated heterocycles. The van der Waals surface area contributed by atoms with Gasteiger partial charge in [-0.15, -0.1) is 0 Å². The number of aliphatic hydroxyl groups is 1. The van der Waals surface area contributed by atoms with Gasteiger partial charge in [-0.2, -0.15) is 0 Å². The summed E-state index contributed by atoms with van der Waals surface area (Å²) in [6.07, 6.45) is 4.27. The molecule has 3 N–H and O–H groups in total. The summed E-state index contributed by atoms with van der Waals surface area (Å²) in [5.41, 5.74) is 6.10. The van der Waals surface area contributed by atoms with E-state index in [1.807, 2.05) is 18.2 Å². The van der Waals surface area contributed by atoms with Crippen LogP contribution >= 0.6 is 0 Å². The number of ether oxygens (including phenoxy) is 1. The Labute approximate surface area is 110 Å². The Hall–Kier alpha value is -0.900. The first-order valence-corrected chi connectivity index (χ1v) is 6.65. The van der Waals surface area contributed by atoms with E-state index in [4.69, 9.17) is 10.5 Å². The summed E-state index contributed by atoms with van der Waals surface area (Å²) < 4.78 is 5.12. The molecular formula is C15H25NO2. The van der Waals surface area contributed by atoms with Crippen molar-refractivity contribution in [3.8, 4) is 0 Å². The van der Waals surface area contributed by atoms with E-state index in [0.29, 0.717) is 19.6 Å². The van der Waals surface area contributed by atoms with E-state index >= 15 is 0 Å². The molecule has 0 radical (unpaired) electrons. The lowest BCUT2D eigenvalue weighted by Gasteiger charge is -2.27. The van der Waals surface area contributed by atoms with Gasteiger partial charge in [-0.1, -0.05) is 30.3 Å². The molecule has 102 valence electrons. The fourth-order valence-electron chi connectivity index (χ4n) is 2.24. The number of nitrogens with two attached hydrogens (primary N) is 1. The topological polar surface area (TPSA) is 55.5 Å². The summed E-state index contributed by atoms with van der Waals surface area (Å²) in [5, 5.41) is 10.4. The molecule has 1 aromatic rings. The third kappa shape index (κ3) is 5.63. The van der Waals surface area contributed by atoms with Crippen LogP contribution in [0, 0.1) is 0 Å². The maximum Gasteiger partial charge on any atom is 0.0880 e. The third-order valence-electron chi connectivity index (χ3n) is 3.21. The molecule has 0 aliphatic carbocycles. The van der Waals surface area contributed by atoms with E-state index in [9.17, 15) is 5.11 Å². The Morgan fingerprint density at radius 2 is 1.83 bits per heavy atom. The number of benzene rings is 1. The van der Waals surface area contributed by atoms with E-state index in [1.54, 1.807) is 7.11 Å². The second-order valence-corrected chi connectivity index (χ2v) is 4.89. The number of rotatable bonds is 9. The van der Waals surface area contributed by atoms with Crippen LogP contribution in [-0.4, -0.2) is 31.0 Å². The van der Waals surface area contributed by atoms with Gasteiger partial charge < -0.3 is 15.6 Å². The summed E-state index contributed by atoms with van der Waals surface area (Å²) in [6.45, 7) is 1.01. The van der Waals surface area contributed by atoms with Gasteiger partial charge in [-0.05, 0) is 44.2 Å². The molecule has 0 amide bonds. The maximum absolute atomic E-state index is 10.4. The highest BCUT2D eigenvalue weighted by Crippen LogP contribution is 2.21. The zero-order valence-corrected chi connectivity index (χ0v) is 11.3. The largest absolute Gasteiger partial charge is 0.387 e. The van der Waals surface area contributed by atoms with Gasteiger partial charge in [0.05, 0.1) is 12.2 Å². The SMILES string of the molecule is COCC(O)(CCCN)CCCc1ccccc1. The zero-order valence-electron chi connectivity index (χ0n) is 11.3. The van der Waals surface area contributed by atoms with Crippen molar-refractivity contribution in [3.63, 3.8) is 0 Å². The van der Waals surface area contributed by atoms with Crippen LogP contribution in [0.1, 0.15) is 31.2 Å². The predicted octanol–water partition coefficient (Wildman–Crippen LogP) is 2.13. The predicted molar refractivity (Wildman–Crippen MR) is 74.5 cm³/mol. The van der Waals surface area contributed by atoms with Crippen molar-refractivity contribution in [3.05, 3.63) is 35.9 Å². The molecule has 0 aliphatic rings. The van der Waals surface area contributed by atoms with Crippen LogP contribution in [0.4, 0.5) is 0 Å². The van der Waals surface area contributed by atoms with Gasteiger partial charge in [0.15, 0.2) is 0 Å². The maximum atomic E-state index is 10.4. The lowest BCUT2D eigenvalue weighted by atomic mass is 9.91. The molecule has 0 saturated carbocycles. The van der Waals surface area contributed by atoms with Gasteiger partial charge in [0, 0.05) is 7.11 Å². The minimum absolute atomic E-state index is 0.391. The van der Waals surface area contributed by atoms with Crippen LogP contribution in [0.5, 0.6) is 0 Å². The Bertz CT molecular complexity index is 316. The summed E-state index contributed by atoms with van der Waals surface area (Å²) >= 11 is 0. The van der Waals surface area contributed by atoms with Gasteiger partial charge in [-0.3, -0.25) is 0 Å². The lowest BCUT2D eigenvalue weighted by molar-refractivity contribution is -0.0450. The van der Waals surface area contributed by atoms with E-state index in [2.05, 4.69) is 12.1 Å². The molecular weight excluding hydrogens is 226 g/mol. The number of hydrogen-bond donors (Lipinski definition) is 2. The Kier molecular flexibility index (Phi) is 6.94. The minimum atomic E-state index is -0.719. The Morgan fingerprint density at radius 1 is 1.17 bits per heavy atom. The fourth-order valence-corrected chi connectivity index (χ4v) is 2.24. The van der Waals surface area contributed by atoms with Gasteiger partial charge in [0.1, 0.15) is 0 Å². The molecule has 0 aliphatic heterocycles. The fraction of sp³-hybridized carbons (Fsp3) is 0.600. The average Bonchev–Trinajstić information content (AvgIpc) is 2.38. The monoisotopic (exact) mass is 251 g/mol. The smallest absolute Gasteiger partial charge is 0.0880 e. The Balaban J connectivity index is 2.37. The first-order chi connectivity index (χ1) is 8.70. The summed E-state index contributed by atoms with van der Waals surface area (Å²) in [4.78, 5) is 0. The molecule has 1 unspecified atom stereocenters. The summed E-state index contributed by atoms with van der Waals surface area (Å²) in [5.74, 6) is 0. The quantitative estimate of drug-likeness (QED) is 0.707. The Morgan fingerprint density at radius 3 is 2.44 bits per heavy atom. The second kappa shape index (κ2) is 8.25.